The SMILES string of the molecule is Cc1c(C)[n+]([O-])cn1C. The van der Waals surface area contributed by atoms with Crippen molar-refractivity contribution in [3.8, 4) is 0 Å². The maximum atomic E-state index is 10.8. The van der Waals surface area contributed by atoms with Crippen molar-refractivity contribution in [3.63, 3.8) is 0 Å². The van der Waals surface area contributed by atoms with E-state index in [9.17, 15) is 5.21 Å². The lowest BCUT2D eigenvalue weighted by molar-refractivity contribution is -0.611. The summed E-state index contributed by atoms with van der Waals surface area (Å²) >= 11 is 0. The van der Waals surface area contributed by atoms with Gasteiger partial charge >= 0.3 is 0 Å². The molecule has 0 N–H and O–H groups in total. The number of imidazole rings is 1. The zero-order valence-corrected chi connectivity index (χ0v) is 5.88. The Balaban J connectivity index is 3.29. The third-order valence-corrected chi connectivity index (χ3v) is 1.66. The Kier molecular flexibility index (Phi) is 1.20. The molecule has 1 aromatic heterocycles. The van der Waals surface area contributed by atoms with Crippen molar-refractivity contribution in [2.24, 2.45) is 7.05 Å². The molecule has 0 radical (unpaired) electrons. The van der Waals surface area contributed by atoms with Crippen molar-refractivity contribution in [2.45, 2.75) is 13.8 Å². The highest BCUT2D eigenvalue weighted by atomic mass is 16.5. The Labute approximate surface area is 54.1 Å². The Morgan fingerprint density at radius 3 is 2.22 bits per heavy atom. The van der Waals surface area contributed by atoms with Gasteiger partial charge < -0.3 is 5.21 Å². The fourth-order valence-corrected chi connectivity index (χ4v) is 0.745. The Bertz CT molecular complexity index is 205. The molecule has 1 aromatic rings. The van der Waals surface area contributed by atoms with Gasteiger partial charge in [-0.05, 0) is 0 Å². The average Bonchev–Trinajstić information content (AvgIpc) is 1.98. The van der Waals surface area contributed by atoms with Crippen molar-refractivity contribution in [1.29, 1.82) is 0 Å². The summed E-state index contributed by atoms with van der Waals surface area (Å²) in [6.45, 7) is 3.73. The molecule has 0 fully saturated rings. The van der Waals surface area contributed by atoms with Crippen molar-refractivity contribution >= 4 is 0 Å². The van der Waals surface area contributed by atoms with E-state index < -0.39 is 0 Å². The van der Waals surface area contributed by atoms with Gasteiger partial charge in [-0.3, -0.25) is 0 Å². The molecule has 0 saturated heterocycles. The number of aryl methyl sites for hydroxylation is 1. The summed E-state index contributed by atoms with van der Waals surface area (Å²) in [6, 6.07) is 0. The van der Waals surface area contributed by atoms with Crippen molar-refractivity contribution in [3.05, 3.63) is 22.9 Å². The molecule has 0 aromatic carbocycles. The van der Waals surface area contributed by atoms with Gasteiger partial charge in [-0.25, -0.2) is 9.30 Å². The molecule has 0 spiro atoms. The highest BCUT2D eigenvalue weighted by Gasteiger charge is 2.05. The lowest BCUT2D eigenvalue weighted by Gasteiger charge is -1.94. The predicted molar refractivity (Wildman–Crippen MR) is 33.8 cm³/mol. The Morgan fingerprint density at radius 1 is 1.56 bits per heavy atom. The maximum absolute atomic E-state index is 10.8. The maximum Gasteiger partial charge on any atom is 0.247 e. The van der Waals surface area contributed by atoms with Gasteiger partial charge in [0, 0.05) is 13.8 Å². The molecular weight excluding hydrogens is 116 g/mol. The molecule has 0 aliphatic heterocycles. The third-order valence-electron chi connectivity index (χ3n) is 1.66. The zero-order valence-electron chi connectivity index (χ0n) is 5.88. The number of hydrogen-bond acceptors (Lipinski definition) is 1. The normalized spacial score (nSPS) is 10.1. The van der Waals surface area contributed by atoms with E-state index in [0.29, 0.717) is 0 Å². The molecular formula is C6H10N2O. The lowest BCUT2D eigenvalue weighted by atomic mass is 10.4. The number of aromatic nitrogens is 2. The van der Waals surface area contributed by atoms with Gasteiger partial charge in [-0.15, -0.1) is 0 Å². The number of rotatable bonds is 0. The van der Waals surface area contributed by atoms with Crippen LogP contribution in [0, 0.1) is 19.1 Å². The first kappa shape index (κ1) is 6.13. The summed E-state index contributed by atoms with van der Waals surface area (Å²) in [5.74, 6) is 0. The number of hydrogen-bond donors (Lipinski definition) is 0. The highest BCUT2D eigenvalue weighted by molar-refractivity contribution is 5.01. The third kappa shape index (κ3) is 0.781. The van der Waals surface area contributed by atoms with E-state index in [1.165, 1.54) is 6.33 Å². The first-order valence-corrected chi connectivity index (χ1v) is 2.84. The van der Waals surface area contributed by atoms with Crippen LogP contribution in [0.1, 0.15) is 11.4 Å². The molecule has 0 aliphatic rings. The van der Waals surface area contributed by atoms with Crippen LogP contribution in [0.4, 0.5) is 0 Å². The van der Waals surface area contributed by atoms with Gasteiger partial charge in [0.25, 0.3) is 0 Å². The molecule has 3 heteroatoms. The highest BCUT2D eigenvalue weighted by Crippen LogP contribution is 1.97. The van der Waals surface area contributed by atoms with E-state index in [1.807, 2.05) is 25.5 Å². The van der Waals surface area contributed by atoms with E-state index >= 15 is 0 Å². The molecule has 9 heavy (non-hydrogen) atoms. The fourth-order valence-electron chi connectivity index (χ4n) is 0.745. The first-order valence-electron chi connectivity index (χ1n) is 2.84. The quantitative estimate of drug-likeness (QED) is 0.363. The summed E-state index contributed by atoms with van der Waals surface area (Å²) < 4.78 is 2.68. The largest absolute Gasteiger partial charge is 0.711 e. The van der Waals surface area contributed by atoms with Crippen LogP contribution in [0.3, 0.4) is 0 Å². The zero-order chi connectivity index (χ0) is 7.02. The Morgan fingerprint density at radius 2 is 2.11 bits per heavy atom. The molecule has 0 aliphatic carbocycles. The second kappa shape index (κ2) is 1.76. The van der Waals surface area contributed by atoms with E-state index in [2.05, 4.69) is 0 Å². The molecule has 1 heterocycles. The van der Waals surface area contributed by atoms with Gasteiger partial charge in [0.15, 0.2) is 0 Å². The standard InChI is InChI=1S/C6H10N2O/c1-5-6(2)8(9)4-7(5)3/h4H,1-3H3. The van der Waals surface area contributed by atoms with Crippen LogP contribution in [0.15, 0.2) is 6.33 Å². The van der Waals surface area contributed by atoms with Gasteiger partial charge in [0.1, 0.15) is 11.4 Å². The molecule has 0 saturated carbocycles. The second-order valence-electron chi connectivity index (χ2n) is 2.22. The van der Waals surface area contributed by atoms with Crippen molar-refractivity contribution < 1.29 is 4.73 Å². The summed E-state index contributed by atoms with van der Waals surface area (Å²) in [5.41, 5.74) is 1.79. The molecule has 0 amide bonds. The minimum absolute atomic E-state index is 0.775. The summed E-state index contributed by atoms with van der Waals surface area (Å²) in [7, 11) is 1.86. The van der Waals surface area contributed by atoms with E-state index in [0.717, 1.165) is 16.1 Å². The monoisotopic (exact) mass is 126 g/mol. The van der Waals surface area contributed by atoms with Crippen LogP contribution in [0.25, 0.3) is 0 Å². The van der Waals surface area contributed by atoms with E-state index in [1.54, 1.807) is 0 Å². The van der Waals surface area contributed by atoms with Crippen molar-refractivity contribution in [1.82, 2.24) is 4.57 Å². The van der Waals surface area contributed by atoms with Crippen LogP contribution in [0.5, 0.6) is 0 Å². The van der Waals surface area contributed by atoms with Gasteiger partial charge in [-0.1, -0.05) is 0 Å². The molecule has 0 atom stereocenters. The summed E-state index contributed by atoms with van der Waals surface area (Å²) in [4.78, 5) is 0. The fraction of sp³-hybridized carbons (Fsp3) is 0.500. The van der Waals surface area contributed by atoms with Gasteiger partial charge in [-0.2, -0.15) is 0 Å². The molecule has 1 rings (SSSR count). The average molecular weight is 126 g/mol. The molecule has 0 bridgehead atoms. The van der Waals surface area contributed by atoms with Crippen LogP contribution >= 0.6 is 0 Å². The van der Waals surface area contributed by atoms with Gasteiger partial charge in [0.05, 0.1) is 7.05 Å². The topological polar surface area (TPSA) is 31.9 Å². The van der Waals surface area contributed by atoms with E-state index in [4.69, 9.17) is 0 Å². The summed E-state index contributed by atoms with van der Waals surface area (Å²) in [6.07, 6.45) is 1.52. The molecule has 50 valence electrons. The van der Waals surface area contributed by atoms with Crippen LogP contribution in [0.2, 0.25) is 0 Å². The van der Waals surface area contributed by atoms with Gasteiger partial charge in [0.2, 0.25) is 6.33 Å². The minimum atomic E-state index is 0.775. The predicted octanol–water partition coefficient (Wildman–Crippen LogP) is 0.275. The molecule has 3 nitrogen and oxygen atoms in total. The van der Waals surface area contributed by atoms with E-state index in [-0.39, 0.29) is 0 Å². The Hall–Kier alpha value is -0.990. The molecule has 0 unspecified atom stereocenters. The van der Waals surface area contributed by atoms with Crippen LogP contribution < -0.4 is 4.73 Å². The van der Waals surface area contributed by atoms with Crippen molar-refractivity contribution in [2.75, 3.05) is 0 Å². The second-order valence-corrected chi connectivity index (χ2v) is 2.22. The minimum Gasteiger partial charge on any atom is -0.711 e. The smallest absolute Gasteiger partial charge is 0.247 e. The first-order chi connectivity index (χ1) is 4.13. The lowest BCUT2D eigenvalue weighted by Crippen LogP contribution is -2.26. The van der Waals surface area contributed by atoms with Crippen LogP contribution in [-0.4, -0.2) is 4.57 Å². The summed E-state index contributed by atoms with van der Waals surface area (Å²) in [5, 5.41) is 10.8. The van der Waals surface area contributed by atoms with Crippen LogP contribution in [-0.2, 0) is 7.05 Å². The number of nitrogens with zero attached hydrogens (tertiary/aromatic N) is 2.